The normalized spacial score (nSPS) is 19.7. The molecule has 0 spiro atoms. The number of carbonyl (C=O) groups is 2. The second kappa shape index (κ2) is 8.31. The molecule has 0 aromatic heterocycles. The molecule has 0 bridgehead atoms. The summed E-state index contributed by atoms with van der Waals surface area (Å²) < 4.78 is 10.4. The zero-order valence-corrected chi connectivity index (χ0v) is 12.3. The molecule has 0 aliphatic heterocycles. The highest BCUT2D eigenvalue weighted by Crippen LogP contribution is 2.30. The van der Waals surface area contributed by atoms with Crippen LogP contribution in [0.5, 0.6) is 0 Å². The summed E-state index contributed by atoms with van der Waals surface area (Å²) >= 11 is 0. The number of esters is 1. The van der Waals surface area contributed by atoms with Gasteiger partial charge in [-0.15, -0.1) is 0 Å². The SMILES string of the molecule is CCOC(C(=O)C(CC)C(=O)OC)C1CCCCC1. The van der Waals surface area contributed by atoms with Gasteiger partial charge in [-0.2, -0.15) is 0 Å². The molecule has 0 N–H and O–H groups in total. The highest BCUT2D eigenvalue weighted by Gasteiger charge is 2.37. The van der Waals surface area contributed by atoms with E-state index in [9.17, 15) is 9.59 Å². The van der Waals surface area contributed by atoms with E-state index in [1.165, 1.54) is 13.5 Å². The zero-order chi connectivity index (χ0) is 14.3. The van der Waals surface area contributed by atoms with E-state index in [0.29, 0.717) is 13.0 Å². The van der Waals surface area contributed by atoms with E-state index in [4.69, 9.17) is 9.47 Å². The van der Waals surface area contributed by atoms with Crippen LogP contribution in [0.2, 0.25) is 0 Å². The number of rotatable bonds is 7. The number of ketones is 1. The van der Waals surface area contributed by atoms with Gasteiger partial charge in [-0.25, -0.2) is 0 Å². The van der Waals surface area contributed by atoms with Crippen LogP contribution in [0.15, 0.2) is 0 Å². The van der Waals surface area contributed by atoms with Gasteiger partial charge in [0.25, 0.3) is 0 Å². The van der Waals surface area contributed by atoms with Gasteiger partial charge in [-0.05, 0) is 32.1 Å². The Bertz CT molecular complexity index is 295. The molecule has 0 aromatic rings. The molecule has 0 amide bonds. The first kappa shape index (κ1) is 16.2. The first-order valence-corrected chi connectivity index (χ1v) is 7.38. The number of Topliss-reactive ketones (excluding diaryl/α,β-unsaturated/α-hetero) is 1. The van der Waals surface area contributed by atoms with E-state index < -0.39 is 18.0 Å². The van der Waals surface area contributed by atoms with Crippen LogP contribution in [0.1, 0.15) is 52.4 Å². The minimum atomic E-state index is -0.677. The van der Waals surface area contributed by atoms with Gasteiger partial charge in [-0.3, -0.25) is 9.59 Å². The zero-order valence-electron chi connectivity index (χ0n) is 12.3. The van der Waals surface area contributed by atoms with Gasteiger partial charge in [0.2, 0.25) is 0 Å². The third-order valence-corrected chi connectivity index (χ3v) is 3.94. The van der Waals surface area contributed by atoms with Crippen molar-refractivity contribution in [3.8, 4) is 0 Å². The van der Waals surface area contributed by atoms with Crippen LogP contribution in [-0.2, 0) is 19.1 Å². The molecular weight excluding hydrogens is 244 g/mol. The lowest BCUT2D eigenvalue weighted by atomic mass is 9.80. The van der Waals surface area contributed by atoms with Crippen molar-refractivity contribution in [2.24, 2.45) is 11.8 Å². The highest BCUT2D eigenvalue weighted by atomic mass is 16.5. The van der Waals surface area contributed by atoms with E-state index in [1.807, 2.05) is 13.8 Å². The van der Waals surface area contributed by atoms with Crippen molar-refractivity contribution < 1.29 is 19.1 Å². The van der Waals surface area contributed by atoms with E-state index in [-0.39, 0.29) is 11.7 Å². The van der Waals surface area contributed by atoms with E-state index in [2.05, 4.69) is 0 Å². The molecule has 1 rings (SSSR count). The predicted octanol–water partition coefficient (Wildman–Crippen LogP) is 2.74. The molecule has 4 heteroatoms. The average molecular weight is 270 g/mol. The van der Waals surface area contributed by atoms with Gasteiger partial charge in [0.15, 0.2) is 5.78 Å². The van der Waals surface area contributed by atoms with Crippen LogP contribution in [0.3, 0.4) is 0 Å². The second-order valence-electron chi connectivity index (χ2n) is 5.16. The van der Waals surface area contributed by atoms with Crippen LogP contribution >= 0.6 is 0 Å². The van der Waals surface area contributed by atoms with Gasteiger partial charge >= 0.3 is 5.97 Å². The minimum Gasteiger partial charge on any atom is -0.468 e. The Labute approximate surface area is 115 Å². The molecule has 0 saturated heterocycles. The number of ether oxygens (including phenoxy) is 2. The molecule has 1 fully saturated rings. The summed E-state index contributed by atoms with van der Waals surface area (Å²) in [7, 11) is 1.33. The maximum absolute atomic E-state index is 12.5. The predicted molar refractivity (Wildman–Crippen MR) is 72.8 cm³/mol. The molecule has 1 aliphatic carbocycles. The van der Waals surface area contributed by atoms with Crippen LogP contribution in [0.25, 0.3) is 0 Å². The van der Waals surface area contributed by atoms with E-state index in [1.54, 1.807) is 0 Å². The lowest BCUT2D eigenvalue weighted by molar-refractivity contribution is -0.155. The summed E-state index contributed by atoms with van der Waals surface area (Å²) in [5.74, 6) is -0.945. The fraction of sp³-hybridized carbons (Fsp3) is 0.867. The Kier molecular flexibility index (Phi) is 7.06. The Balaban J connectivity index is 2.77. The smallest absolute Gasteiger partial charge is 0.316 e. The number of hydrogen-bond donors (Lipinski definition) is 0. The molecule has 110 valence electrons. The summed E-state index contributed by atoms with van der Waals surface area (Å²) in [5.41, 5.74) is 0. The fourth-order valence-corrected chi connectivity index (χ4v) is 2.89. The lowest BCUT2D eigenvalue weighted by Gasteiger charge is -2.30. The van der Waals surface area contributed by atoms with Gasteiger partial charge in [0.1, 0.15) is 12.0 Å². The Morgan fingerprint density at radius 1 is 1.16 bits per heavy atom. The molecule has 2 atom stereocenters. The first-order valence-electron chi connectivity index (χ1n) is 7.38. The van der Waals surface area contributed by atoms with Gasteiger partial charge in [0, 0.05) is 6.61 Å². The maximum Gasteiger partial charge on any atom is 0.316 e. The van der Waals surface area contributed by atoms with Crippen LogP contribution in [-0.4, -0.2) is 31.6 Å². The molecule has 1 saturated carbocycles. The minimum absolute atomic E-state index is 0.0944. The standard InChI is InChI=1S/C15H26O4/c1-4-12(15(17)18-3)13(16)14(19-5-2)11-9-7-6-8-10-11/h11-12,14H,4-10H2,1-3H3. The third kappa shape index (κ3) is 4.30. The molecule has 19 heavy (non-hydrogen) atoms. The summed E-state index contributed by atoms with van der Waals surface area (Å²) in [5, 5.41) is 0. The number of methoxy groups -OCH3 is 1. The molecule has 2 unspecified atom stereocenters. The Morgan fingerprint density at radius 3 is 2.26 bits per heavy atom. The molecule has 0 heterocycles. The van der Waals surface area contributed by atoms with Crippen molar-refractivity contribution in [2.75, 3.05) is 13.7 Å². The summed E-state index contributed by atoms with van der Waals surface area (Å²) in [6, 6.07) is 0. The monoisotopic (exact) mass is 270 g/mol. The van der Waals surface area contributed by atoms with Crippen LogP contribution in [0, 0.1) is 11.8 Å². The van der Waals surface area contributed by atoms with E-state index >= 15 is 0 Å². The molecule has 1 aliphatic rings. The Morgan fingerprint density at radius 2 is 1.79 bits per heavy atom. The maximum atomic E-state index is 12.5. The first-order chi connectivity index (χ1) is 9.15. The van der Waals surface area contributed by atoms with Crippen molar-refractivity contribution in [1.82, 2.24) is 0 Å². The van der Waals surface area contributed by atoms with Crippen LogP contribution < -0.4 is 0 Å². The molecule has 0 radical (unpaired) electrons. The van der Waals surface area contributed by atoms with Crippen molar-refractivity contribution >= 4 is 11.8 Å². The van der Waals surface area contributed by atoms with Gasteiger partial charge < -0.3 is 9.47 Å². The topological polar surface area (TPSA) is 52.6 Å². The summed E-state index contributed by atoms with van der Waals surface area (Å²) in [6.07, 6.45) is 5.61. The van der Waals surface area contributed by atoms with Gasteiger partial charge in [0.05, 0.1) is 7.11 Å². The van der Waals surface area contributed by atoms with Crippen molar-refractivity contribution in [2.45, 2.75) is 58.5 Å². The van der Waals surface area contributed by atoms with Gasteiger partial charge in [-0.1, -0.05) is 26.2 Å². The second-order valence-corrected chi connectivity index (χ2v) is 5.16. The fourth-order valence-electron chi connectivity index (χ4n) is 2.89. The molecule has 0 aromatic carbocycles. The lowest BCUT2D eigenvalue weighted by Crippen LogP contribution is -2.40. The summed E-state index contributed by atoms with van der Waals surface area (Å²) in [6.45, 7) is 4.23. The van der Waals surface area contributed by atoms with Crippen LogP contribution in [0.4, 0.5) is 0 Å². The van der Waals surface area contributed by atoms with Crippen molar-refractivity contribution in [3.05, 3.63) is 0 Å². The molecule has 4 nitrogen and oxygen atoms in total. The third-order valence-electron chi connectivity index (χ3n) is 3.94. The number of hydrogen-bond acceptors (Lipinski definition) is 4. The average Bonchev–Trinajstić information content (AvgIpc) is 2.46. The number of carbonyl (C=O) groups excluding carboxylic acids is 2. The highest BCUT2D eigenvalue weighted by molar-refractivity contribution is 6.01. The Hall–Kier alpha value is -0.900. The quantitative estimate of drug-likeness (QED) is 0.527. The van der Waals surface area contributed by atoms with Crippen molar-refractivity contribution in [1.29, 1.82) is 0 Å². The summed E-state index contributed by atoms with van der Waals surface area (Å²) in [4.78, 5) is 24.2. The van der Waals surface area contributed by atoms with E-state index in [0.717, 1.165) is 25.7 Å². The largest absolute Gasteiger partial charge is 0.468 e. The van der Waals surface area contributed by atoms with Crippen molar-refractivity contribution in [3.63, 3.8) is 0 Å². The molecular formula is C15H26O4.